The molecule has 0 spiro atoms. The average Bonchev–Trinajstić information content (AvgIpc) is 2.85. The van der Waals surface area contributed by atoms with Gasteiger partial charge in [0.15, 0.2) is 0 Å². The number of esters is 2. The van der Waals surface area contributed by atoms with Crippen molar-refractivity contribution in [3.05, 3.63) is 70.8 Å². The topological polar surface area (TPSA) is 43.4 Å². The summed E-state index contributed by atoms with van der Waals surface area (Å²) in [7, 11) is 0. The third kappa shape index (κ3) is 1.53. The van der Waals surface area contributed by atoms with Gasteiger partial charge in [0.2, 0.25) is 0 Å². The minimum Gasteiger partial charge on any atom is -0.393 e. The van der Waals surface area contributed by atoms with Crippen LogP contribution < -0.4 is 0 Å². The minimum absolute atomic E-state index is 0.302. The molecule has 2 aliphatic carbocycles. The van der Waals surface area contributed by atoms with Crippen molar-refractivity contribution in [2.45, 2.75) is 37.5 Å². The Morgan fingerprint density at radius 3 is 1.40 bits per heavy atom. The van der Waals surface area contributed by atoms with Crippen LogP contribution in [-0.2, 0) is 25.2 Å². The molecule has 2 aromatic carbocycles. The zero-order chi connectivity index (χ0) is 17.4. The second-order valence-electron chi connectivity index (χ2n) is 7.87. The van der Waals surface area contributed by atoms with E-state index >= 15 is 0 Å². The lowest BCUT2D eigenvalue weighted by Crippen LogP contribution is -2.77. The molecule has 3 heteroatoms. The number of carbonyl (C=O) groups excluding carboxylic acids is 2. The Balaban J connectivity index is 1.72. The molecule has 2 aromatic rings. The summed E-state index contributed by atoms with van der Waals surface area (Å²) in [6.45, 7) is 4.12. The largest absolute Gasteiger partial charge is 0.393 e. The summed E-state index contributed by atoms with van der Waals surface area (Å²) in [5.74, 6) is -1.34. The smallest absolute Gasteiger partial charge is 0.318 e. The van der Waals surface area contributed by atoms with E-state index in [1.54, 1.807) is 0 Å². The van der Waals surface area contributed by atoms with Crippen LogP contribution in [0.15, 0.2) is 48.5 Å². The number of hydrogen-bond donors (Lipinski definition) is 0. The Morgan fingerprint density at radius 1 is 0.720 bits per heavy atom. The van der Waals surface area contributed by atoms with Gasteiger partial charge in [-0.25, -0.2) is 0 Å². The third-order valence-electron chi connectivity index (χ3n) is 6.95. The molecule has 5 rings (SSSR count). The summed E-state index contributed by atoms with van der Waals surface area (Å²) in [4.78, 5) is 24.9. The molecular formula is C22H20O3. The standard InChI is InChI=1S/C22H20O3/c1-13-3-7-15(8-4-13)21-11-12-22(21,16-9-5-14(2)6-10-16)18-17(21)19(23)25-20(18)24/h3-10,17-18H,11-12H2,1-2H3/t17-,18+,21+,22-. The van der Waals surface area contributed by atoms with E-state index in [-0.39, 0.29) is 34.6 Å². The lowest BCUT2D eigenvalue weighted by molar-refractivity contribution is -0.174. The fourth-order valence-corrected chi connectivity index (χ4v) is 5.77. The minimum atomic E-state index is -0.335. The maximum absolute atomic E-state index is 12.5. The second-order valence-corrected chi connectivity index (χ2v) is 7.87. The molecule has 4 atom stereocenters. The molecular weight excluding hydrogens is 312 g/mol. The van der Waals surface area contributed by atoms with Crippen molar-refractivity contribution >= 4 is 11.9 Å². The summed E-state index contributed by atoms with van der Waals surface area (Å²) >= 11 is 0. The van der Waals surface area contributed by atoms with Gasteiger partial charge in [0.1, 0.15) is 0 Å². The first-order valence-electron chi connectivity index (χ1n) is 8.90. The molecule has 0 aromatic heterocycles. The van der Waals surface area contributed by atoms with Gasteiger partial charge in [-0.2, -0.15) is 0 Å². The summed E-state index contributed by atoms with van der Waals surface area (Å²) in [5.41, 5.74) is 4.12. The molecule has 0 radical (unpaired) electrons. The molecule has 0 N–H and O–H groups in total. The number of rotatable bonds is 2. The summed E-state index contributed by atoms with van der Waals surface area (Å²) < 4.78 is 5.09. The molecule has 2 saturated carbocycles. The highest BCUT2D eigenvalue weighted by atomic mass is 16.6. The number of aryl methyl sites for hydroxylation is 2. The zero-order valence-corrected chi connectivity index (χ0v) is 14.4. The Hall–Kier alpha value is -2.42. The highest BCUT2D eigenvalue weighted by Crippen LogP contribution is 2.78. The number of hydrogen-bond acceptors (Lipinski definition) is 3. The van der Waals surface area contributed by atoms with Crippen LogP contribution in [0.2, 0.25) is 0 Å². The molecule has 0 bridgehead atoms. The van der Waals surface area contributed by atoms with E-state index in [0.717, 1.165) is 24.0 Å². The zero-order valence-electron chi connectivity index (χ0n) is 14.4. The van der Waals surface area contributed by atoms with Gasteiger partial charge >= 0.3 is 11.9 Å². The van der Waals surface area contributed by atoms with E-state index in [9.17, 15) is 9.59 Å². The van der Waals surface area contributed by atoms with Crippen molar-refractivity contribution in [2.75, 3.05) is 0 Å². The Kier molecular flexibility index (Phi) is 2.74. The number of fused-ring (bicyclic) bond motifs is 4. The van der Waals surface area contributed by atoms with Crippen molar-refractivity contribution in [3.8, 4) is 0 Å². The van der Waals surface area contributed by atoms with Gasteiger partial charge in [0.25, 0.3) is 0 Å². The predicted molar refractivity (Wildman–Crippen MR) is 93.0 cm³/mol. The maximum atomic E-state index is 12.5. The molecule has 1 heterocycles. The number of cyclic esters (lactones) is 2. The van der Waals surface area contributed by atoms with Gasteiger partial charge in [0.05, 0.1) is 11.8 Å². The Morgan fingerprint density at radius 2 is 1.08 bits per heavy atom. The average molecular weight is 332 g/mol. The molecule has 25 heavy (non-hydrogen) atoms. The summed E-state index contributed by atoms with van der Waals surface area (Å²) in [5, 5.41) is 0. The van der Waals surface area contributed by atoms with Gasteiger partial charge in [-0.3, -0.25) is 9.59 Å². The van der Waals surface area contributed by atoms with Crippen LogP contribution >= 0.6 is 0 Å². The SMILES string of the molecule is Cc1ccc([C@]23CC[C@@]2(c2ccc(C)cc2)[C@@H]2C(=O)OC(=O)[C@@H]23)cc1. The van der Waals surface area contributed by atoms with Crippen LogP contribution in [0.1, 0.15) is 35.1 Å². The van der Waals surface area contributed by atoms with Gasteiger partial charge in [-0.15, -0.1) is 0 Å². The molecule has 1 aliphatic heterocycles. The predicted octanol–water partition coefficient (Wildman–Crippen LogP) is 3.60. The molecule has 3 fully saturated rings. The molecule has 1 saturated heterocycles. The summed E-state index contributed by atoms with van der Waals surface area (Å²) in [6, 6.07) is 16.9. The van der Waals surface area contributed by atoms with Gasteiger partial charge in [0, 0.05) is 10.8 Å². The number of carbonyl (C=O) groups is 2. The van der Waals surface area contributed by atoms with Crippen LogP contribution in [0.3, 0.4) is 0 Å². The Labute approximate surface area is 147 Å². The molecule has 3 aliphatic rings. The summed E-state index contributed by atoms with van der Waals surface area (Å²) in [6.07, 6.45) is 1.85. The fraction of sp³-hybridized carbons (Fsp3) is 0.364. The van der Waals surface area contributed by atoms with E-state index < -0.39 is 0 Å². The van der Waals surface area contributed by atoms with Crippen molar-refractivity contribution in [3.63, 3.8) is 0 Å². The van der Waals surface area contributed by atoms with E-state index in [1.807, 2.05) is 0 Å². The number of benzene rings is 2. The van der Waals surface area contributed by atoms with Gasteiger partial charge < -0.3 is 4.74 Å². The van der Waals surface area contributed by atoms with E-state index in [1.165, 1.54) is 11.1 Å². The lowest BCUT2D eigenvalue weighted by Gasteiger charge is -2.73. The second kappa shape index (κ2) is 4.60. The first-order chi connectivity index (χ1) is 12.0. The van der Waals surface area contributed by atoms with E-state index in [2.05, 4.69) is 62.4 Å². The first kappa shape index (κ1) is 14.9. The Bertz CT molecular complexity index is 820. The van der Waals surface area contributed by atoms with Crippen molar-refractivity contribution < 1.29 is 14.3 Å². The van der Waals surface area contributed by atoms with E-state index in [0.29, 0.717) is 0 Å². The van der Waals surface area contributed by atoms with Gasteiger partial charge in [-0.1, -0.05) is 59.7 Å². The van der Waals surface area contributed by atoms with Crippen molar-refractivity contribution in [1.29, 1.82) is 0 Å². The molecule has 0 amide bonds. The third-order valence-corrected chi connectivity index (χ3v) is 6.95. The lowest BCUT2D eigenvalue weighted by atomic mass is 9.26. The van der Waals surface area contributed by atoms with Crippen LogP contribution in [0.4, 0.5) is 0 Å². The monoisotopic (exact) mass is 332 g/mol. The molecule has 0 unspecified atom stereocenters. The maximum Gasteiger partial charge on any atom is 0.318 e. The van der Waals surface area contributed by atoms with Crippen LogP contribution in [0.25, 0.3) is 0 Å². The molecule has 126 valence electrons. The highest BCUT2D eigenvalue weighted by molar-refractivity contribution is 6.02. The molecule has 3 nitrogen and oxygen atoms in total. The number of ether oxygens (including phenoxy) is 1. The van der Waals surface area contributed by atoms with Crippen molar-refractivity contribution in [2.24, 2.45) is 11.8 Å². The quantitative estimate of drug-likeness (QED) is 0.623. The van der Waals surface area contributed by atoms with E-state index in [4.69, 9.17) is 4.74 Å². The van der Waals surface area contributed by atoms with Crippen LogP contribution in [0, 0.1) is 25.7 Å². The first-order valence-corrected chi connectivity index (χ1v) is 8.90. The normalized spacial score (nSPS) is 35.3. The van der Waals surface area contributed by atoms with Crippen molar-refractivity contribution in [1.82, 2.24) is 0 Å². The van der Waals surface area contributed by atoms with Crippen LogP contribution in [-0.4, -0.2) is 11.9 Å². The van der Waals surface area contributed by atoms with Crippen LogP contribution in [0.5, 0.6) is 0 Å². The van der Waals surface area contributed by atoms with Gasteiger partial charge in [-0.05, 0) is 37.8 Å². The highest BCUT2D eigenvalue weighted by Gasteiger charge is 2.84. The fourth-order valence-electron chi connectivity index (χ4n) is 5.77.